The van der Waals surface area contributed by atoms with Gasteiger partial charge in [0.15, 0.2) is 5.78 Å². The Balaban J connectivity index is 2.28. The first-order valence-electron chi connectivity index (χ1n) is 4.39. The van der Waals surface area contributed by atoms with E-state index in [-0.39, 0.29) is 5.78 Å². The fourth-order valence-electron chi connectivity index (χ4n) is 1.26. The van der Waals surface area contributed by atoms with Gasteiger partial charge in [-0.3, -0.25) is 14.6 Å². The Morgan fingerprint density at radius 3 is 3.07 bits per heavy atom. The summed E-state index contributed by atoms with van der Waals surface area (Å²) in [5.41, 5.74) is 1.49. The quantitative estimate of drug-likeness (QED) is 0.920. The minimum atomic E-state index is 0.0748. The summed E-state index contributed by atoms with van der Waals surface area (Å²) >= 11 is 3.35. The van der Waals surface area contributed by atoms with E-state index in [4.69, 9.17) is 0 Å². The van der Waals surface area contributed by atoms with Crippen LogP contribution in [0.2, 0.25) is 0 Å². The van der Waals surface area contributed by atoms with Crippen LogP contribution < -0.4 is 0 Å². The van der Waals surface area contributed by atoms with Crippen LogP contribution in [0.4, 0.5) is 0 Å². The van der Waals surface area contributed by atoms with Gasteiger partial charge in [-0.2, -0.15) is 10.2 Å². The summed E-state index contributed by atoms with van der Waals surface area (Å²) in [6, 6.07) is 1.82. The molecule has 5 nitrogen and oxygen atoms in total. The van der Waals surface area contributed by atoms with E-state index in [9.17, 15) is 4.79 Å². The molecule has 2 aromatic rings. The zero-order valence-corrected chi connectivity index (χ0v) is 9.65. The molecule has 2 aromatic heterocycles. The SMILES string of the molecule is CC(=O)Cn1ccc(-c2n[nH]cc2Br)n1. The van der Waals surface area contributed by atoms with E-state index in [0.29, 0.717) is 6.54 Å². The largest absolute Gasteiger partial charge is 0.298 e. The smallest absolute Gasteiger partial charge is 0.151 e. The Morgan fingerprint density at radius 2 is 2.47 bits per heavy atom. The number of rotatable bonds is 3. The normalized spacial score (nSPS) is 10.5. The molecule has 0 fully saturated rings. The van der Waals surface area contributed by atoms with Crippen molar-refractivity contribution in [2.24, 2.45) is 0 Å². The number of carbonyl (C=O) groups is 1. The molecule has 0 aromatic carbocycles. The van der Waals surface area contributed by atoms with Gasteiger partial charge in [0, 0.05) is 12.4 Å². The molecule has 0 atom stereocenters. The second-order valence-electron chi connectivity index (χ2n) is 3.18. The van der Waals surface area contributed by atoms with E-state index in [1.807, 2.05) is 6.07 Å². The third-order valence-electron chi connectivity index (χ3n) is 1.86. The average Bonchev–Trinajstić information content (AvgIpc) is 2.72. The van der Waals surface area contributed by atoms with E-state index >= 15 is 0 Å². The lowest BCUT2D eigenvalue weighted by Gasteiger charge is -1.95. The Kier molecular flexibility index (Phi) is 2.68. The van der Waals surface area contributed by atoms with Gasteiger partial charge in [-0.05, 0) is 28.9 Å². The molecule has 0 radical (unpaired) electrons. The number of hydrogen-bond acceptors (Lipinski definition) is 3. The zero-order valence-electron chi connectivity index (χ0n) is 8.07. The molecule has 15 heavy (non-hydrogen) atoms. The van der Waals surface area contributed by atoms with Gasteiger partial charge in [0.25, 0.3) is 0 Å². The van der Waals surface area contributed by atoms with Crippen molar-refractivity contribution in [3.63, 3.8) is 0 Å². The van der Waals surface area contributed by atoms with Crippen LogP contribution >= 0.6 is 15.9 Å². The second-order valence-corrected chi connectivity index (χ2v) is 4.04. The number of nitrogens with one attached hydrogen (secondary N) is 1. The standard InChI is InChI=1S/C9H9BrN4O/c1-6(15)5-14-3-2-8(13-14)9-7(10)4-11-12-9/h2-4H,5H2,1H3,(H,11,12). The summed E-state index contributed by atoms with van der Waals surface area (Å²) in [6.45, 7) is 1.83. The third kappa shape index (κ3) is 2.15. The number of halogens is 1. The van der Waals surface area contributed by atoms with Crippen molar-refractivity contribution >= 4 is 21.7 Å². The monoisotopic (exact) mass is 268 g/mol. The van der Waals surface area contributed by atoms with Crippen molar-refractivity contribution in [3.8, 4) is 11.4 Å². The number of nitrogens with zero attached hydrogens (tertiary/aromatic N) is 3. The van der Waals surface area contributed by atoms with Crippen LogP contribution in [-0.2, 0) is 11.3 Å². The number of carbonyl (C=O) groups excluding carboxylic acids is 1. The first-order chi connectivity index (χ1) is 7.16. The van der Waals surface area contributed by atoms with Crippen LogP contribution in [0.3, 0.4) is 0 Å². The molecule has 0 bridgehead atoms. The fourth-order valence-corrected chi connectivity index (χ4v) is 1.65. The maximum Gasteiger partial charge on any atom is 0.151 e. The summed E-state index contributed by atoms with van der Waals surface area (Å²) < 4.78 is 2.45. The lowest BCUT2D eigenvalue weighted by Crippen LogP contribution is -2.06. The molecule has 2 rings (SSSR count). The molecular weight excluding hydrogens is 260 g/mol. The number of aromatic amines is 1. The van der Waals surface area contributed by atoms with Gasteiger partial charge in [-0.1, -0.05) is 0 Å². The third-order valence-corrected chi connectivity index (χ3v) is 2.47. The number of ketones is 1. The van der Waals surface area contributed by atoms with Gasteiger partial charge in [0.2, 0.25) is 0 Å². The molecule has 0 spiro atoms. The highest BCUT2D eigenvalue weighted by Crippen LogP contribution is 2.23. The first-order valence-corrected chi connectivity index (χ1v) is 5.18. The maximum atomic E-state index is 10.9. The predicted octanol–water partition coefficient (Wildman–Crippen LogP) is 1.62. The first kappa shape index (κ1) is 10.1. The molecule has 78 valence electrons. The number of hydrogen-bond donors (Lipinski definition) is 1. The average molecular weight is 269 g/mol. The van der Waals surface area contributed by atoms with Crippen molar-refractivity contribution in [2.75, 3.05) is 0 Å². The lowest BCUT2D eigenvalue weighted by atomic mass is 10.3. The van der Waals surface area contributed by atoms with Crippen LogP contribution in [0.15, 0.2) is 22.9 Å². The van der Waals surface area contributed by atoms with Crippen molar-refractivity contribution in [1.82, 2.24) is 20.0 Å². The van der Waals surface area contributed by atoms with Crippen LogP contribution in [-0.4, -0.2) is 25.8 Å². The number of aromatic nitrogens is 4. The molecule has 0 aliphatic carbocycles. The van der Waals surface area contributed by atoms with E-state index < -0.39 is 0 Å². The summed E-state index contributed by atoms with van der Waals surface area (Å²) in [5.74, 6) is 0.0748. The van der Waals surface area contributed by atoms with Gasteiger partial charge in [-0.25, -0.2) is 0 Å². The van der Waals surface area contributed by atoms with Crippen molar-refractivity contribution in [3.05, 3.63) is 22.9 Å². The molecule has 0 aliphatic heterocycles. The van der Waals surface area contributed by atoms with E-state index in [2.05, 4.69) is 31.2 Å². The van der Waals surface area contributed by atoms with Gasteiger partial charge in [0.1, 0.15) is 11.4 Å². The van der Waals surface area contributed by atoms with Crippen LogP contribution in [0.25, 0.3) is 11.4 Å². The number of H-pyrrole nitrogens is 1. The van der Waals surface area contributed by atoms with Crippen molar-refractivity contribution in [2.45, 2.75) is 13.5 Å². The Labute approximate surface area is 94.6 Å². The Bertz CT molecular complexity index is 488. The van der Waals surface area contributed by atoms with E-state index in [0.717, 1.165) is 15.9 Å². The van der Waals surface area contributed by atoms with Crippen LogP contribution in [0, 0.1) is 0 Å². The highest BCUT2D eigenvalue weighted by atomic mass is 79.9. The molecule has 0 unspecified atom stereocenters. The van der Waals surface area contributed by atoms with Crippen LogP contribution in [0.5, 0.6) is 0 Å². The van der Waals surface area contributed by atoms with E-state index in [1.54, 1.807) is 17.1 Å². The van der Waals surface area contributed by atoms with Crippen LogP contribution in [0.1, 0.15) is 6.92 Å². The molecule has 1 N–H and O–H groups in total. The molecule has 0 saturated carbocycles. The topological polar surface area (TPSA) is 63.6 Å². The molecule has 2 heterocycles. The van der Waals surface area contributed by atoms with Crippen molar-refractivity contribution < 1.29 is 4.79 Å². The van der Waals surface area contributed by atoms with Gasteiger partial charge in [0.05, 0.1) is 11.0 Å². The summed E-state index contributed by atoms with van der Waals surface area (Å²) in [7, 11) is 0. The minimum absolute atomic E-state index is 0.0748. The fraction of sp³-hybridized carbons (Fsp3) is 0.222. The molecule has 0 aliphatic rings. The predicted molar refractivity (Wildman–Crippen MR) is 58.2 cm³/mol. The Hall–Kier alpha value is -1.43. The molecule has 0 amide bonds. The highest BCUT2D eigenvalue weighted by molar-refractivity contribution is 9.10. The Morgan fingerprint density at radius 1 is 1.67 bits per heavy atom. The van der Waals surface area contributed by atoms with Crippen molar-refractivity contribution in [1.29, 1.82) is 0 Å². The molecule has 6 heteroatoms. The zero-order chi connectivity index (χ0) is 10.8. The van der Waals surface area contributed by atoms with E-state index in [1.165, 1.54) is 6.92 Å². The van der Waals surface area contributed by atoms with Gasteiger partial charge in [-0.15, -0.1) is 0 Å². The van der Waals surface area contributed by atoms with Gasteiger partial charge >= 0.3 is 0 Å². The minimum Gasteiger partial charge on any atom is -0.298 e. The summed E-state index contributed by atoms with van der Waals surface area (Å²) in [6.07, 6.45) is 3.50. The summed E-state index contributed by atoms with van der Waals surface area (Å²) in [4.78, 5) is 10.9. The van der Waals surface area contributed by atoms with Gasteiger partial charge < -0.3 is 0 Å². The second kappa shape index (κ2) is 3.98. The number of Topliss-reactive ketones (excluding diaryl/α,β-unsaturated/α-hetero) is 1. The highest BCUT2D eigenvalue weighted by Gasteiger charge is 2.09. The lowest BCUT2D eigenvalue weighted by molar-refractivity contribution is -0.117. The molecular formula is C9H9BrN4O. The molecule has 0 saturated heterocycles. The summed E-state index contributed by atoms with van der Waals surface area (Å²) in [5, 5.41) is 11.0. The maximum absolute atomic E-state index is 10.9.